The monoisotopic (exact) mass is 370 g/mol. The molecule has 9 nitrogen and oxygen atoms in total. The van der Waals surface area contributed by atoms with Crippen LogP contribution in [0.1, 0.15) is 33.6 Å². The molecule has 0 atom stereocenters. The van der Waals surface area contributed by atoms with Gasteiger partial charge in [0.05, 0.1) is 29.2 Å². The van der Waals surface area contributed by atoms with Gasteiger partial charge in [0.15, 0.2) is 0 Å². The minimum atomic E-state index is -4.66. The first-order chi connectivity index (χ1) is 11.3. The van der Waals surface area contributed by atoms with Crippen molar-refractivity contribution >= 4 is 40.9 Å². The van der Waals surface area contributed by atoms with Gasteiger partial charge in [-0.15, -0.1) is 0 Å². The van der Waals surface area contributed by atoms with Gasteiger partial charge in [-0.1, -0.05) is 0 Å². The summed E-state index contributed by atoms with van der Waals surface area (Å²) in [6.45, 7) is -0.578. The number of aliphatic hydroxyl groups is 2. The third-order valence-corrected chi connectivity index (χ3v) is 3.58. The summed E-state index contributed by atoms with van der Waals surface area (Å²) in [4.78, 5) is 23.1. The molecule has 1 aromatic carbocycles. The molecule has 136 valence electrons. The van der Waals surface area contributed by atoms with Crippen molar-refractivity contribution in [3.63, 3.8) is 0 Å². The predicted octanol–water partition coefficient (Wildman–Crippen LogP) is -0.637. The number of carbonyl (C=O) groups is 2. The Labute approximate surface area is 156 Å². The first-order valence-electron chi connectivity index (χ1n) is 6.98. The Hall–Kier alpha value is -1.41. The molecule has 0 saturated carbocycles. The van der Waals surface area contributed by atoms with Gasteiger partial charge in [0.1, 0.15) is 0 Å². The van der Waals surface area contributed by atoms with Crippen molar-refractivity contribution in [2.24, 2.45) is 0 Å². The van der Waals surface area contributed by atoms with Crippen LogP contribution in [0.4, 0.5) is 0 Å². The van der Waals surface area contributed by atoms with E-state index in [1.807, 2.05) is 0 Å². The van der Waals surface area contributed by atoms with E-state index in [4.69, 9.17) is 24.2 Å². The second-order valence-electron chi connectivity index (χ2n) is 4.65. The Bertz CT molecular complexity index is 647. The number of esters is 2. The van der Waals surface area contributed by atoms with Crippen molar-refractivity contribution < 1.29 is 42.2 Å². The number of ether oxygens (including phenoxy) is 2. The van der Waals surface area contributed by atoms with Crippen LogP contribution in [0.15, 0.2) is 23.1 Å². The van der Waals surface area contributed by atoms with Gasteiger partial charge in [0.25, 0.3) is 10.1 Å². The number of aliphatic hydroxyl groups excluding tert-OH is 2. The summed E-state index contributed by atoms with van der Waals surface area (Å²) in [5.41, 5.74) is -0.533. The molecule has 0 fully saturated rings. The molecule has 0 bridgehead atoms. The van der Waals surface area contributed by atoms with Crippen molar-refractivity contribution in [1.82, 2.24) is 0 Å². The SMILES string of the molecule is O=C(OCCCO)c1cc(C(=O)OCCCO)cc(S(=O)(=O)O)c1.[LiH]. The van der Waals surface area contributed by atoms with E-state index in [0.717, 1.165) is 18.2 Å². The molecule has 0 amide bonds. The van der Waals surface area contributed by atoms with Gasteiger partial charge in [0, 0.05) is 26.1 Å². The van der Waals surface area contributed by atoms with Crippen LogP contribution < -0.4 is 0 Å². The standard InChI is InChI=1S/C14H18O9S.Li.H/c15-3-1-5-22-13(17)10-7-11(14(18)23-6-2-4-16)9-12(8-10)24(19,20)21;;/h7-9,15-16H,1-6H2,(H,19,20,21);;. The van der Waals surface area contributed by atoms with Gasteiger partial charge in [-0.25, -0.2) is 9.59 Å². The molecule has 0 spiro atoms. The summed E-state index contributed by atoms with van der Waals surface area (Å²) in [6.07, 6.45) is 0.388. The number of rotatable bonds is 9. The first-order valence-corrected chi connectivity index (χ1v) is 8.42. The van der Waals surface area contributed by atoms with Crippen molar-refractivity contribution in [2.75, 3.05) is 26.4 Å². The van der Waals surface area contributed by atoms with E-state index in [0.29, 0.717) is 0 Å². The average molecular weight is 370 g/mol. The summed E-state index contributed by atoms with van der Waals surface area (Å²) in [5.74, 6) is -1.84. The number of benzene rings is 1. The van der Waals surface area contributed by atoms with Gasteiger partial charge in [-0.3, -0.25) is 4.55 Å². The number of hydrogen-bond acceptors (Lipinski definition) is 8. The second-order valence-corrected chi connectivity index (χ2v) is 6.07. The van der Waals surface area contributed by atoms with E-state index in [1.165, 1.54) is 0 Å². The molecule has 0 aliphatic carbocycles. The van der Waals surface area contributed by atoms with Gasteiger partial charge in [-0.2, -0.15) is 8.42 Å². The fourth-order valence-corrected chi connectivity index (χ4v) is 2.16. The van der Waals surface area contributed by atoms with Crippen molar-refractivity contribution in [3.8, 4) is 0 Å². The fourth-order valence-electron chi connectivity index (χ4n) is 1.61. The minimum absolute atomic E-state index is 0. The molecule has 25 heavy (non-hydrogen) atoms. The zero-order valence-corrected chi connectivity index (χ0v) is 13.5. The van der Waals surface area contributed by atoms with E-state index in [-0.39, 0.29) is 69.3 Å². The summed E-state index contributed by atoms with van der Waals surface area (Å²) >= 11 is 0. The molecule has 0 aliphatic rings. The Balaban J connectivity index is 0.00000576. The second kappa shape index (κ2) is 11.3. The maximum absolute atomic E-state index is 11.9. The summed E-state index contributed by atoms with van der Waals surface area (Å²) in [6, 6.07) is 2.79. The molecule has 0 unspecified atom stereocenters. The van der Waals surface area contributed by atoms with Crippen LogP contribution in [-0.2, 0) is 19.6 Å². The predicted molar refractivity (Wildman–Crippen MR) is 87.4 cm³/mol. The molecule has 0 saturated heterocycles. The van der Waals surface area contributed by atoms with Crippen molar-refractivity contribution in [1.29, 1.82) is 0 Å². The van der Waals surface area contributed by atoms with Crippen LogP contribution in [0.3, 0.4) is 0 Å². The molecule has 0 heterocycles. The van der Waals surface area contributed by atoms with Crippen LogP contribution in [0.25, 0.3) is 0 Å². The topological polar surface area (TPSA) is 147 Å². The normalized spacial score (nSPS) is 10.7. The van der Waals surface area contributed by atoms with Crippen LogP contribution in [0.5, 0.6) is 0 Å². The Morgan fingerprint density at radius 2 is 1.28 bits per heavy atom. The Morgan fingerprint density at radius 1 is 0.880 bits per heavy atom. The maximum atomic E-state index is 11.9. The molecule has 1 aromatic rings. The number of carbonyl (C=O) groups excluding carboxylic acids is 2. The van der Waals surface area contributed by atoms with Crippen molar-refractivity contribution in [2.45, 2.75) is 17.7 Å². The van der Waals surface area contributed by atoms with Crippen LogP contribution in [0, 0.1) is 0 Å². The fraction of sp³-hybridized carbons (Fsp3) is 0.429. The van der Waals surface area contributed by atoms with E-state index in [1.54, 1.807) is 0 Å². The third-order valence-electron chi connectivity index (χ3n) is 2.75. The Kier molecular flexibility index (Phi) is 10.6. The summed E-state index contributed by atoms with van der Waals surface area (Å²) in [7, 11) is -4.66. The van der Waals surface area contributed by atoms with Crippen molar-refractivity contribution in [3.05, 3.63) is 29.3 Å². The van der Waals surface area contributed by atoms with Gasteiger partial charge < -0.3 is 19.7 Å². The molecular formula is C14H19LiO9S. The molecular weight excluding hydrogens is 351 g/mol. The van der Waals surface area contributed by atoms with Crippen LogP contribution in [-0.4, -0.2) is 80.4 Å². The molecule has 0 aromatic heterocycles. The van der Waals surface area contributed by atoms with Gasteiger partial charge >= 0.3 is 30.8 Å². The zero-order chi connectivity index (χ0) is 18.2. The summed E-state index contributed by atoms with van der Waals surface area (Å²) < 4.78 is 41.3. The van der Waals surface area contributed by atoms with Crippen LogP contribution in [0.2, 0.25) is 0 Å². The van der Waals surface area contributed by atoms with E-state index < -0.39 is 27.0 Å². The van der Waals surface area contributed by atoms with Gasteiger partial charge in [-0.05, 0) is 18.2 Å². The molecule has 1 rings (SSSR count). The van der Waals surface area contributed by atoms with Gasteiger partial charge in [0.2, 0.25) is 0 Å². The average Bonchev–Trinajstić information content (AvgIpc) is 2.53. The zero-order valence-electron chi connectivity index (χ0n) is 12.7. The number of hydrogen-bond donors (Lipinski definition) is 3. The molecule has 3 N–H and O–H groups in total. The van der Waals surface area contributed by atoms with E-state index in [9.17, 15) is 18.0 Å². The van der Waals surface area contributed by atoms with Crippen LogP contribution >= 0.6 is 0 Å². The Morgan fingerprint density at radius 3 is 1.60 bits per heavy atom. The third kappa shape index (κ3) is 8.00. The first kappa shape index (κ1) is 23.6. The van der Waals surface area contributed by atoms with E-state index in [2.05, 4.69) is 0 Å². The molecule has 0 radical (unpaired) electrons. The van der Waals surface area contributed by atoms with E-state index >= 15 is 0 Å². The quantitative estimate of drug-likeness (QED) is 0.223. The summed E-state index contributed by atoms with van der Waals surface area (Å²) in [5, 5.41) is 17.3. The molecule has 11 heteroatoms. The molecule has 0 aliphatic heterocycles.